The number of ether oxygens (including phenoxy) is 1. The Bertz CT molecular complexity index is 1310. The maximum Gasteiger partial charge on any atom is 0.326 e. The molecule has 3 rings (SSSR count). The molecule has 9 nitrogen and oxygen atoms in total. The van der Waals surface area contributed by atoms with Gasteiger partial charge in [0, 0.05) is 17.3 Å². The number of benzene rings is 2. The molecule has 0 radical (unpaired) electrons. The number of urea groups is 1. The number of hydrogen-bond acceptors (Lipinski definition) is 6. The second kappa shape index (κ2) is 10.0. The number of aromatic nitrogens is 1. The van der Waals surface area contributed by atoms with E-state index in [0.29, 0.717) is 16.7 Å². The van der Waals surface area contributed by atoms with E-state index in [9.17, 15) is 24.1 Å². The van der Waals surface area contributed by atoms with Gasteiger partial charge < -0.3 is 10.1 Å². The van der Waals surface area contributed by atoms with Crippen LogP contribution in [0.1, 0.15) is 27.0 Å². The zero-order valence-corrected chi connectivity index (χ0v) is 19.5. The van der Waals surface area contributed by atoms with Crippen molar-refractivity contribution in [2.75, 3.05) is 5.32 Å². The van der Waals surface area contributed by atoms with Gasteiger partial charge >= 0.3 is 6.03 Å². The van der Waals surface area contributed by atoms with Gasteiger partial charge in [-0.05, 0) is 50.1 Å². The fourth-order valence-electron chi connectivity index (χ4n) is 2.99. The number of rotatable bonds is 5. The van der Waals surface area contributed by atoms with Crippen LogP contribution in [0.3, 0.4) is 0 Å². The molecular weight excluding hydrogens is 490 g/mol. The predicted molar refractivity (Wildman–Crippen MR) is 125 cm³/mol. The van der Waals surface area contributed by atoms with Crippen molar-refractivity contribution in [3.8, 4) is 11.6 Å². The molecule has 0 aliphatic rings. The Balaban J connectivity index is 1.80. The average molecular weight is 507 g/mol. The first-order chi connectivity index (χ1) is 16.0. The van der Waals surface area contributed by atoms with Crippen molar-refractivity contribution >= 4 is 46.5 Å². The van der Waals surface area contributed by atoms with Gasteiger partial charge in [0.05, 0.1) is 20.5 Å². The molecule has 3 amide bonds. The number of nitrogens with zero attached hydrogens (tertiary/aromatic N) is 2. The fourth-order valence-corrected chi connectivity index (χ4v) is 3.53. The predicted octanol–water partition coefficient (Wildman–Crippen LogP) is 6.12. The molecule has 0 aliphatic heterocycles. The van der Waals surface area contributed by atoms with Crippen molar-refractivity contribution in [3.63, 3.8) is 0 Å². The molecule has 34 heavy (non-hydrogen) atoms. The molecule has 0 bridgehead atoms. The highest BCUT2D eigenvalue weighted by Gasteiger charge is 2.21. The molecule has 0 unspecified atom stereocenters. The summed E-state index contributed by atoms with van der Waals surface area (Å²) in [4.78, 5) is 38.9. The quantitative estimate of drug-likeness (QED) is 0.317. The molecule has 0 spiro atoms. The highest BCUT2D eigenvalue weighted by atomic mass is 35.5. The van der Waals surface area contributed by atoms with Gasteiger partial charge in [-0.25, -0.2) is 14.2 Å². The Morgan fingerprint density at radius 2 is 1.85 bits per heavy atom. The minimum Gasteiger partial charge on any atom is -0.437 e. The lowest BCUT2D eigenvalue weighted by Crippen LogP contribution is -2.35. The summed E-state index contributed by atoms with van der Waals surface area (Å²) >= 11 is 12.3. The molecule has 0 aliphatic carbocycles. The van der Waals surface area contributed by atoms with Crippen LogP contribution >= 0.6 is 23.2 Å². The van der Waals surface area contributed by atoms with Gasteiger partial charge in [-0.15, -0.1) is 0 Å². The Kier molecular flexibility index (Phi) is 7.33. The van der Waals surface area contributed by atoms with Crippen LogP contribution in [0, 0.1) is 36.7 Å². The second-order valence-electron chi connectivity index (χ2n) is 7.19. The van der Waals surface area contributed by atoms with E-state index in [2.05, 4.69) is 10.3 Å². The van der Waals surface area contributed by atoms with Crippen LogP contribution in [-0.4, -0.2) is 21.8 Å². The van der Waals surface area contributed by atoms with Gasteiger partial charge in [0.25, 0.3) is 11.6 Å². The van der Waals surface area contributed by atoms with Crippen LogP contribution in [0.5, 0.6) is 11.6 Å². The number of amides is 3. The van der Waals surface area contributed by atoms with Crippen molar-refractivity contribution in [1.29, 1.82) is 0 Å². The van der Waals surface area contributed by atoms with E-state index in [1.54, 1.807) is 26.8 Å². The molecule has 2 N–H and O–H groups in total. The lowest BCUT2D eigenvalue weighted by Gasteiger charge is -2.17. The number of anilines is 1. The number of hydrogen-bond donors (Lipinski definition) is 2. The molecule has 3 aromatic rings. The first-order valence-corrected chi connectivity index (χ1v) is 10.4. The number of carbonyl (C=O) groups excluding carboxylic acids is 2. The third-order valence-electron chi connectivity index (χ3n) is 4.74. The maximum absolute atomic E-state index is 13.9. The Hall–Kier alpha value is -3.76. The molecule has 12 heteroatoms. The normalized spacial score (nSPS) is 10.5. The van der Waals surface area contributed by atoms with Gasteiger partial charge in [0.2, 0.25) is 5.88 Å². The van der Waals surface area contributed by atoms with Crippen LogP contribution in [0.15, 0.2) is 36.5 Å². The van der Waals surface area contributed by atoms with E-state index in [0.717, 1.165) is 12.3 Å². The van der Waals surface area contributed by atoms with Crippen LogP contribution in [0.25, 0.3) is 0 Å². The maximum atomic E-state index is 13.9. The SMILES string of the molecule is Cc1cc([N+](=O)[O-])cnc1Oc1c(C)cc(NC(=O)NC(=O)c2c(F)cccc2Cl)c(C)c1Cl. The third kappa shape index (κ3) is 5.24. The zero-order chi connectivity index (χ0) is 25.2. The summed E-state index contributed by atoms with van der Waals surface area (Å²) in [5.74, 6) is -1.52. The van der Waals surface area contributed by atoms with E-state index in [4.69, 9.17) is 27.9 Å². The summed E-state index contributed by atoms with van der Waals surface area (Å²) in [5.41, 5.74) is 0.977. The second-order valence-corrected chi connectivity index (χ2v) is 7.97. The molecule has 0 atom stereocenters. The minimum atomic E-state index is -1.01. The Labute approximate surface area is 203 Å². The average Bonchev–Trinajstić information content (AvgIpc) is 2.75. The van der Waals surface area contributed by atoms with E-state index in [1.807, 2.05) is 5.32 Å². The Morgan fingerprint density at radius 1 is 1.15 bits per heavy atom. The molecule has 2 aromatic carbocycles. The molecular formula is C22H17Cl2FN4O5. The van der Waals surface area contributed by atoms with Gasteiger partial charge in [0.1, 0.15) is 12.0 Å². The molecule has 0 saturated carbocycles. The topological polar surface area (TPSA) is 123 Å². The van der Waals surface area contributed by atoms with E-state index in [-0.39, 0.29) is 33.0 Å². The van der Waals surface area contributed by atoms with E-state index >= 15 is 0 Å². The number of imide groups is 1. The standard InChI is InChI=1S/C22H17Cl2FN4O5/c1-10-8-16(27-22(31)28-20(30)17-14(23)5-4-6-15(17)25)12(3)18(24)19(10)34-21-11(2)7-13(9-26-21)29(32)33/h4-9H,1-3H3,(H2,27,28,30,31). The largest absolute Gasteiger partial charge is 0.437 e. The minimum absolute atomic E-state index is 0.126. The summed E-state index contributed by atoms with van der Waals surface area (Å²) in [6, 6.07) is 5.65. The van der Waals surface area contributed by atoms with Crippen LogP contribution < -0.4 is 15.4 Å². The van der Waals surface area contributed by atoms with Crippen molar-refractivity contribution in [2.24, 2.45) is 0 Å². The number of nitrogens with one attached hydrogen (secondary N) is 2. The van der Waals surface area contributed by atoms with Crippen LogP contribution in [0.2, 0.25) is 10.0 Å². The first-order valence-electron chi connectivity index (χ1n) is 9.64. The number of pyridine rings is 1. The summed E-state index contributed by atoms with van der Waals surface area (Å²) in [5, 5.41) is 15.4. The monoisotopic (exact) mass is 506 g/mol. The van der Waals surface area contributed by atoms with Gasteiger partial charge in [-0.3, -0.25) is 20.2 Å². The molecule has 1 aromatic heterocycles. The van der Waals surface area contributed by atoms with Crippen molar-refractivity contribution in [3.05, 3.63) is 84.8 Å². The van der Waals surface area contributed by atoms with Gasteiger partial charge in [-0.2, -0.15) is 0 Å². The van der Waals surface area contributed by atoms with Gasteiger partial charge in [-0.1, -0.05) is 29.3 Å². The summed E-state index contributed by atoms with van der Waals surface area (Å²) < 4.78 is 19.7. The highest BCUT2D eigenvalue weighted by molar-refractivity contribution is 6.34. The lowest BCUT2D eigenvalue weighted by atomic mass is 10.1. The van der Waals surface area contributed by atoms with Crippen LogP contribution in [0.4, 0.5) is 20.6 Å². The van der Waals surface area contributed by atoms with Crippen LogP contribution in [-0.2, 0) is 0 Å². The number of nitro groups is 1. The fraction of sp³-hybridized carbons (Fsp3) is 0.136. The van der Waals surface area contributed by atoms with Crippen molar-refractivity contribution in [2.45, 2.75) is 20.8 Å². The van der Waals surface area contributed by atoms with E-state index in [1.165, 1.54) is 18.2 Å². The summed E-state index contributed by atoms with van der Waals surface area (Å²) in [6.45, 7) is 4.87. The summed E-state index contributed by atoms with van der Waals surface area (Å²) in [6.07, 6.45) is 1.07. The first kappa shape index (κ1) is 24.9. The smallest absolute Gasteiger partial charge is 0.326 e. The highest BCUT2D eigenvalue weighted by Crippen LogP contribution is 2.39. The Morgan fingerprint density at radius 3 is 2.47 bits per heavy atom. The molecule has 1 heterocycles. The molecule has 176 valence electrons. The zero-order valence-electron chi connectivity index (χ0n) is 18.0. The number of aryl methyl sites for hydroxylation is 2. The molecule has 0 saturated heterocycles. The molecule has 0 fully saturated rings. The number of carbonyl (C=O) groups is 2. The third-order valence-corrected chi connectivity index (χ3v) is 5.51. The van der Waals surface area contributed by atoms with Gasteiger partial charge in [0.15, 0.2) is 5.75 Å². The number of halogens is 3. The van der Waals surface area contributed by atoms with Crippen molar-refractivity contribution < 1.29 is 23.6 Å². The van der Waals surface area contributed by atoms with E-state index < -0.39 is 28.2 Å². The lowest BCUT2D eigenvalue weighted by molar-refractivity contribution is -0.385. The van der Waals surface area contributed by atoms with Crippen molar-refractivity contribution in [1.82, 2.24) is 10.3 Å². The summed E-state index contributed by atoms with van der Waals surface area (Å²) in [7, 11) is 0.